The Morgan fingerprint density at radius 3 is 0.695 bits per heavy atom. The molecule has 9 heteroatoms. The molecule has 0 aliphatic heterocycles. The summed E-state index contributed by atoms with van der Waals surface area (Å²) >= 11 is 0. The molecule has 10 rings (SSSR count). The first-order valence-corrected chi connectivity index (χ1v) is 45.6. The van der Waals surface area contributed by atoms with Crippen molar-refractivity contribution in [3.63, 3.8) is 0 Å². The monoisotopic (exact) mass is 1370 g/mol. The number of benzene rings is 8. The molecule has 0 aliphatic carbocycles. The average Bonchev–Trinajstić information content (AvgIpc) is 1.62. The van der Waals surface area contributed by atoms with Gasteiger partial charge >= 0.3 is 17.1 Å². The quantitative estimate of drug-likeness (QED) is 0.0563. The van der Waals surface area contributed by atoms with Crippen LogP contribution in [0.4, 0.5) is 0 Å². The van der Waals surface area contributed by atoms with Crippen molar-refractivity contribution < 1.29 is 34.8 Å². The molecule has 0 aliphatic rings. The summed E-state index contributed by atoms with van der Waals surface area (Å²) in [6.07, 6.45) is 0. The van der Waals surface area contributed by atoms with Crippen LogP contribution in [0.5, 0.6) is 0 Å². The van der Waals surface area contributed by atoms with Crippen LogP contribution in [-0.4, -0.2) is 33.3 Å². The molecule has 0 fully saturated rings. The largest absolute Gasteiger partial charge is 2.00 e. The first-order chi connectivity index (χ1) is 44.1. The van der Waals surface area contributed by atoms with E-state index < -0.39 is 33.3 Å². The molecule has 10 aromatic rings. The average molecular weight is 1370 g/mol. The van der Waals surface area contributed by atoms with Crippen LogP contribution in [0, 0.1) is 0 Å². The molecule has 0 unspecified atom stereocenters. The SMILES string of the molecule is CC(C)(C)[Si](C)(C)OCc1ccc(-c2c[c-](-c3ccc(CO[Si](C)(C)C(C)(C)C)cc3)c(-c3ccccc3)c2-c2ccccc2)cc1.CC(C)(C)[Si](C)(C)OCc1ccc(-c2c[c-](-c3ccc(CO[Si](C)(C)C(C)(C)C)cc3)c(-c3ccccc3)c2-c2ccccc2)cc1.[Fe+2]. The first-order valence-electron chi connectivity index (χ1n) is 34.0. The predicted molar refractivity (Wildman–Crippen MR) is 416 cm³/mol. The van der Waals surface area contributed by atoms with Gasteiger partial charge in [-0.2, -0.15) is 0 Å². The van der Waals surface area contributed by atoms with E-state index in [1.807, 2.05) is 0 Å². The minimum absolute atomic E-state index is 0. The summed E-state index contributed by atoms with van der Waals surface area (Å²) in [7, 11) is -7.32. The Balaban J connectivity index is 0.000000241. The van der Waals surface area contributed by atoms with Gasteiger partial charge in [0.05, 0.1) is 26.4 Å². The van der Waals surface area contributed by atoms with E-state index in [1.54, 1.807) is 0 Å². The van der Waals surface area contributed by atoms with Crippen LogP contribution in [0.1, 0.15) is 105 Å². The van der Waals surface area contributed by atoms with Gasteiger partial charge in [-0.25, -0.2) is 0 Å². The third kappa shape index (κ3) is 17.9. The van der Waals surface area contributed by atoms with Gasteiger partial charge in [-0.1, -0.05) is 355 Å². The van der Waals surface area contributed by atoms with Crippen LogP contribution in [0.2, 0.25) is 72.5 Å². The smallest absolute Gasteiger partial charge is 0.413 e. The van der Waals surface area contributed by atoms with E-state index in [4.69, 9.17) is 17.7 Å². The van der Waals surface area contributed by atoms with Gasteiger partial charge in [0.15, 0.2) is 33.3 Å². The van der Waals surface area contributed by atoms with Gasteiger partial charge in [0.1, 0.15) is 0 Å². The fourth-order valence-corrected chi connectivity index (χ4v) is 14.5. The molecule has 0 amide bonds. The van der Waals surface area contributed by atoms with Gasteiger partial charge in [-0.3, -0.25) is 0 Å². The third-order valence-electron chi connectivity index (χ3n) is 21.1. The van der Waals surface area contributed by atoms with Crippen LogP contribution in [-0.2, 0) is 61.2 Å². The molecule has 0 saturated carbocycles. The van der Waals surface area contributed by atoms with Crippen LogP contribution in [0.3, 0.4) is 0 Å². The summed E-state index contributed by atoms with van der Waals surface area (Å²) in [6.45, 7) is 48.6. The molecule has 10 aromatic carbocycles. The zero-order chi connectivity index (χ0) is 68.1. The molecular formula is C86H106FeO4Si4. The van der Waals surface area contributed by atoms with Crippen molar-refractivity contribution in [1.82, 2.24) is 0 Å². The van der Waals surface area contributed by atoms with Gasteiger partial charge in [0, 0.05) is 0 Å². The molecule has 4 nitrogen and oxygen atoms in total. The maximum absolute atomic E-state index is 6.55. The normalized spacial score (nSPS) is 12.7. The molecule has 0 bridgehead atoms. The van der Waals surface area contributed by atoms with Gasteiger partial charge in [-0.05, 0) is 94.8 Å². The van der Waals surface area contributed by atoms with E-state index in [0.29, 0.717) is 26.4 Å². The van der Waals surface area contributed by atoms with E-state index in [2.05, 4.69) is 366 Å². The standard InChI is InChI=1S/2C43H53O2Si2.Fe/c2*1-42(2,3)46(7,8)44-30-32-21-25-34(26-22-32)38-29-39(35-27-23-33(24-28-35)31-45-47(9,10)43(4,5)6)41(37-19-15-12-16-20-37)40(38)36-17-13-11-14-18-36;/h2*11-29H,30-31H2,1-10H3;/q2*-1;+2. The Morgan fingerprint density at radius 1 is 0.263 bits per heavy atom. The van der Waals surface area contributed by atoms with Crippen molar-refractivity contribution in [2.75, 3.05) is 0 Å². The minimum atomic E-state index is -1.83. The molecule has 0 radical (unpaired) electrons. The van der Waals surface area contributed by atoms with Crippen LogP contribution >= 0.6 is 0 Å². The second-order valence-corrected chi connectivity index (χ2v) is 51.1. The predicted octanol–water partition coefficient (Wildman–Crippen LogP) is 26.2. The molecule has 0 atom stereocenters. The number of hydrogen-bond donors (Lipinski definition) is 0. The van der Waals surface area contributed by atoms with E-state index in [-0.39, 0.29) is 37.2 Å². The van der Waals surface area contributed by atoms with Crippen LogP contribution in [0.15, 0.2) is 231 Å². The Morgan fingerprint density at radius 2 is 0.474 bits per heavy atom. The maximum Gasteiger partial charge on any atom is 2.00 e. The minimum Gasteiger partial charge on any atom is -0.413 e. The molecule has 0 N–H and O–H groups in total. The van der Waals surface area contributed by atoms with E-state index in [1.165, 1.54) is 111 Å². The van der Waals surface area contributed by atoms with Gasteiger partial charge < -0.3 is 17.7 Å². The second kappa shape index (κ2) is 30.2. The Kier molecular flexibility index (Phi) is 23.7. The second-order valence-electron chi connectivity index (χ2n) is 31.9. The molecule has 0 aromatic heterocycles. The van der Waals surface area contributed by atoms with E-state index >= 15 is 0 Å². The van der Waals surface area contributed by atoms with Crippen molar-refractivity contribution in [3.8, 4) is 89.0 Å². The number of hydrogen-bond acceptors (Lipinski definition) is 4. The Bertz CT molecular complexity index is 3520. The zero-order valence-electron chi connectivity index (χ0n) is 60.8. The topological polar surface area (TPSA) is 36.9 Å². The van der Waals surface area contributed by atoms with E-state index in [9.17, 15) is 0 Å². The van der Waals surface area contributed by atoms with Crippen molar-refractivity contribution in [1.29, 1.82) is 0 Å². The van der Waals surface area contributed by atoms with Crippen molar-refractivity contribution >= 4 is 33.3 Å². The summed E-state index contributed by atoms with van der Waals surface area (Å²) in [4.78, 5) is 0. The zero-order valence-corrected chi connectivity index (χ0v) is 65.9. The maximum atomic E-state index is 6.55. The summed E-state index contributed by atoms with van der Waals surface area (Å²) in [5.74, 6) is 0. The molecular weight excluding hydrogens is 1270 g/mol. The first kappa shape index (κ1) is 74.5. The molecule has 0 spiro atoms. The summed E-state index contributed by atoms with van der Waals surface area (Å²) in [5.41, 5.74) is 24.6. The summed E-state index contributed by atoms with van der Waals surface area (Å²) in [6, 6.07) is 84.2. The summed E-state index contributed by atoms with van der Waals surface area (Å²) < 4.78 is 26.2. The van der Waals surface area contributed by atoms with Crippen molar-refractivity contribution in [2.24, 2.45) is 0 Å². The van der Waals surface area contributed by atoms with Gasteiger partial charge in [-0.15, -0.1) is 47.5 Å². The fraction of sp³-hybridized carbons (Fsp3) is 0.326. The fourth-order valence-electron chi connectivity index (χ4n) is 10.7. The Hall–Kier alpha value is -6.31. The van der Waals surface area contributed by atoms with Crippen LogP contribution in [0.25, 0.3) is 89.0 Å². The van der Waals surface area contributed by atoms with Crippen molar-refractivity contribution in [3.05, 3.63) is 253 Å². The summed E-state index contributed by atoms with van der Waals surface area (Å²) in [5, 5.41) is 0.750. The third-order valence-corrected chi connectivity index (χ3v) is 39.0. The van der Waals surface area contributed by atoms with Crippen molar-refractivity contribution in [2.45, 2.75) is 182 Å². The van der Waals surface area contributed by atoms with Crippen LogP contribution < -0.4 is 0 Å². The Labute approximate surface area is 587 Å². The number of rotatable bonds is 20. The molecule has 498 valence electrons. The molecule has 0 heterocycles. The van der Waals surface area contributed by atoms with E-state index in [0.717, 1.165) is 0 Å². The van der Waals surface area contributed by atoms with Gasteiger partial charge in [0.2, 0.25) is 0 Å². The molecule has 95 heavy (non-hydrogen) atoms. The van der Waals surface area contributed by atoms with Gasteiger partial charge in [0.25, 0.3) is 0 Å². The molecule has 0 saturated heterocycles.